The van der Waals surface area contributed by atoms with Crippen LogP contribution in [0.15, 0.2) is 48.8 Å². The van der Waals surface area contributed by atoms with Crippen molar-refractivity contribution in [1.29, 1.82) is 0 Å². The van der Waals surface area contributed by atoms with Crippen LogP contribution in [-0.2, 0) is 11.8 Å². The van der Waals surface area contributed by atoms with Gasteiger partial charge in [-0.2, -0.15) is 0 Å². The molecule has 1 aliphatic rings. The molecule has 0 bridgehead atoms. The molecule has 0 saturated heterocycles. The van der Waals surface area contributed by atoms with E-state index in [1.165, 1.54) is 6.07 Å². The first-order valence-electron chi connectivity index (χ1n) is 8.48. The van der Waals surface area contributed by atoms with Gasteiger partial charge in [-0.25, -0.2) is 4.98 Å². The van der Waals surface area contributed by atoms with Crippen LogP contribution >= 0.6 is 11.6 Å². The molecule has 3 aromatic rings. The van der Waals surface area contributed by atoms with E-state index in [4.69, 9.17) is 11.6 Å². The number of nitro groups is 1. The molecule has 0 radical (unpaired) electrons. The number of benzene rings is 1. The Morgan fingerprint density at radius 2 is 1.97 bits per heavy atom. The fourth-order valence-corrected chi connectivity index (χ4v) is 3.19. The largest absolute Gasteiger partial charge is 0.350 e. The lowest BCUT2D eigenvalue weighted by molar-refractivity contribution is -0.385. The maximum atomic E-state index is 12.7. The lowest BCUT2D eigenvalue weighted by atomic mass is 10.0. The number of hydrogen-bond acceptors (Lipinski definition) is 5. The zero-order valence-electron chi connectivity index (χ0n) is 15.0. The third-order valence-corrected chi connectivity index (χ3v) is 4.81. The van der Waals surface area contributed by atoms with Crippen molar-refractivity contribution in [1.82, 2.24) is 9.55 Å². The zero-order chi connectivity index (χ0) is 20.7. The predicted molar refractivity (Wildman–Crippen MR) is 108 cm³/mol. The molecule has 1 aromatic carbocycles. The van der Waals surface area contributed by atoms with Gasteiger partial charge in [-0.15, -0.1) is 0 Å². The molecule has 3 heterocycles. The van der Waals surface area contributed by atoms with Crippen molar-refractivity contribution < 1.29 is 14.5 Å². The summed E-state index contributed by atoms with van der Waals surface area (Å²) in [6.07, 6.45) is 4.32. The second kappa shape index (κ2) is 6.99. The van der Waals surface area contributed by atoms with Gasteiger partial charge in [0.15, 0.2) is 5.78 Å². The Kier molecular flexibility index (Phi) is 4.48. The summed E-state index contributed by atoms with van der Waals surface area (Å²) in [5.74, 6) is -0.339. The number of amides is 1. The van der Waals surface area contributed by atoms with E-state index >= 15 is 0 Å². The van der Waals surface area contributed by atoms with Gasteiger partial charge in [0, 0.05) is 46.7 Å². The molecule has 1 aliphatic heterocycles. The van der Waals surface area contributed by atoms with Crippen molar-refractivity contribution in [2.24, 2.45) is 7.05 Å². The van der Waals surface area contributed by atoms with E-state index in [0.29, 0.717) is 27.4 Å². The van der Waals surface area contributed by atoms with Crippen LogP contribution in [0.5, 0.6) is 0 Å². The second-order valence-electron chi connectivity index (χ2n) is 6.46. The fourth-order valence-electron chi connectivity index (χ4n) is 3.06. The van der Waals surface area contributed by atoms with E-state index in [-0.39, 0.29) is 22.9 Å². The summed E-state index contributed by atoms with van der Waals surface area (Å²) in [5, 5.41) is 14.1. The zero-order valence-corrected chi connectivity index (χ0v) is 15.8. The van der Waals surface area contributed by atoms with E-state index in [1.807, 2.05) is 0 Å². The predicted octanol–water partition coefficient (Wildman–Crippen LogP) is 3.71. The Morgan fingerprint density at radius 3 is 2.66 bits per heavy atom. The number of rotatable bonds is 4. The standard InChI is InChI=1S/C20H13ClN4O4/c1-24-10-12(18(26)11-2-4-13(21)5-3-11)6-14(24)7-17-16-8-15(25(28)29)9-22-19(16)23-20(17)27/h2-10H,1H3,(H,22,23,27). The third kappa shape index (κ3) is 3.41. The Labute approximate surface area is 169 Å². The van der Waals surface area contributed by atoms with E-state index in [2.05, 4.69) is 10.3 Å². The lowest BCUT2D eigenvalue weighted by Crippen LogP contribution is -2.04. The highest BCUT2D eigenvalue weighted by Crippen LogP contribution is 2.34. The summed E-state index contributed by atoms with van der Waals surface area (Å²) in [6, 6.07) is 9.51. The van der Waals surface area contributed by atoms with Gasteiger partial charge in [-0.05, 0) is 36.4 Å². The number of nitrogens with one attached hydrogen (secondary N) is 1. The Hall–Kier alpha value is -3.78. The topological polar surface area (TPSA) is 107 Å². The molecule has 0 aliphatic carbocycles. The van der Waals surface area contributed by atoms with Crippen LogP contribution in [0.25, 0.3) is 11.6 Å². The summed E-state index contributed by atoms with van der Waals surface area (Å²) in [5.41, 5.74) is 1.89. The van der Waals surface area contributed by atoms with Crippen LogP contribution in [-0.4, -0.2) is 26.2 Å². The minimum absolute atomic E-state index is 0.185. The second-order valence-corrected chi connectivity index (χ2v) is 6.90. The average molecular weight is 409 g/mol. The van der Waals surface area contributed by atoms with Crippen LogP contribution in [0, 0.1) is 10.1 Å². The van der Waals surface area contributed by atoms with Gasteiger partial charge >= 0.3 is 0 Å². The van der Waals surface area contributed by atoms with Gasteiger partial charge in [-0.1, -0.05) is 11.6 Å². The summed E-state index contributed by atoms with van der Waals surface area (Å²) in [6.45, 7) is 0. The van der Waals surface area contributed by atoms with Gasteiger partial charge in [0.2, 0.25) is 0 Å². The van der Waals surface area contributed by atoms with Crippen molar-refractivity contribution in [2.45, 2.75) is 0 Å². The first kappa shape index (κ1) is 18.6. The highest BCUT2D eigenvalue weighted by molar-refractivity contribution is 6.34. The number of anilines is 1. The van der Waals surface area contributed by atoms with Crippen LogP contribution in [0.3, 0.4) is 0 Å². The number of fused-ring (bicyclic) bond motifs is 1. The van der Waals surface area contributed by atoms with Crippen molar-refractivity contribution in [3.8, 4) is 0 Å². The Morgan fingerprint density at radius 1 is 1.24 bits per heavy atom. The molecule has 144 valence electrons. The van der Waals surface area contributed by atoms with Crippen LogP contribution in [0.1, 0.15) is 27.2 Å². The number of halogens is 1. The Bertz CT molecular complexity index is 1210. The van der Waals surface area contributed by atoms with E-state index in [1.54, 1.807) is 54.2 Å². The number of ketones is 1. The molecule has 0 spiro atoms. The molecular weight excluding hydrogens is 396 g/mol. The fraction of sp³-hybridized carbons (Fsp3) is 0.0500. The summed E-state index contributed by atoms with van der Waals surface area (Å²) < 4.78 is 1.70. The molecule has 0 atom stereocenters. The van der Waals surface area contributed by atoms with E-state index in [0.717, 1.165) is 6.20 Å². The summed E-state index contributed by atoms with van der Waals surface area (Å²) >= 11 is 5.86. The molecule has 29 heavy (non-hydrogen) atoms. The summed E-state index contributed by atoms with van der Waals surface area (Å²) in [4.78, 5) is 39.4. The lowest BCUT2D eigenvalue weighted by Gasteiger charge is -1.99. The number of nitrogens with zero attached hydrogens (tertiary/aromatic N) is 3. The minimum Gasteiger partial charge on any atom is -0.350 e. The quantitative estimate of drug-likeness (QED) is 0.306. The smallest absolute Gasteiger partial charge is 0.288 e. The van der Waals surface area contributed by atoms with Crippen molar-refractivity contribution in [3.63, 3.8) is 0 Å². The van der Waals surface area contributed by atoms with Gasteiger partial charge in [0.1, 0.15) is 12.0 Å². The first-order chi connectivity index (χ1) is 13.8. The van der Waals surface area contributed by atoms with Gasteiger partial charge in [0.25, 0.3) is 11.6 Å². The highest BCUT2D eigenvalue weighted by Gasteiger charge is 2.28. The number of aryl methyl sites for hydroxylation is 1. The first-order valence-corrected chi connectivity index (χ1v) is 8.86. The molecule has 4 rings (SSSR count). The van der Waals surface area contributed by atoms with Crippen molar-refractivity contribution in [3.05, 3.63) is 86.3 Å². The molecule has 1 amide bonds. The molecule has 8 nitrogen and oxygen atoms in total. The number of hydrogen-bond donors (Lipinski definition) is 1. The van der Waals surface area contributed by atoms with Gasteiger partial charge in [-0.3, -0.25) is 19.7 Å². The van der Waals surface area contributed by atoms with Crippen LogP contribution in [0.4, 0.5) is 11.5 Å². The summed E-state index contributed by atoms with van der Waals surface area (Å²) in [7, 11) is 1.74. The number of carbonyl (C=O) groups is 2. The number of pyridine rings is 1. The van der Waals surface area contributed by atoms with Gasteiger partial charge < -0.3 is 9.88 Å². The molecular formula is C20H13ClN4O4. The monoisotopic (exact) mass is 408 g/mol. The Balaban J connectivity index is 1.72. The van der Waals surface area contributed by atoms with Crippen molar-refractivity contribution in [2.75, 3.05) is 5.32 Å². The van der Waals surface area contributed by atoms with Crippen molar-refractivity contribution >= 4 is 46.4 Å². The van der Waals surface area contributed by atoms with Crippen LogP contribution < -0.4 is 5.32 Å². The molecule has 0 saturated carbocycles. The van der Waals surface area contributed by atoms with E-state index in [9.17, 15) is 19.7 Å². The molecule has 1 N–H and O–H groups in total. The third-order valence-electron chi connectivity index (χ3n) is 4.56. The maximum absolute atomic E-state index is 12.7. The van der Waals surface area contributed by atoms with E-state index < -0.39 is 10.8 Å². The SMILES string of the molecule is Cn1cc(C(=O)c2ccc(Cl)cc2)cc1C=C1C(=O)Nc2ncc([N+](=O)[O-])cc21. The highest BCUT2D eigenvalue weighted by atomic mass is 35.5. The number of aromatic nitrogens is 2. The average Bonchev–Trinajstić information content (AvgIpc) is 3.21. The molecule has 2 aromatic heterocycles. The normalized spacial score (nSPS) is 14.0. The number of carbonyl (C=O) groups excluding carboxylic acids is 2. The molecule has 0 fully saturated rings. The maximum Gasteiger partial charge on any atom is 0.288 e. The van der Waals surface area contributed by atoms with Crippen LogP contribution in [0.2, 0.25) is 5.02 Å². The molecule has 9 heteroatoms. The van der Waals surface area contributed by atoms with Gasteiger partial charge in [0.05, 0.1) is 10.5 Å². The molecule has 0 unspecified atom stereocenters. The minimum atomic E-state index is -0.570.